The number of benzene rings is 3. The SMILES string of the molecule is COC(=O)Cn1c(=NC(=O)CC(c2ccccc2)c2ccccc2)sc2cc3c(cc21)OCO3. The zero-order valence-electron chi connectivity index (χ0n) is 18.5. The lowest BCUT2D eigenvalue weighted by Gasteiger charge is -2.16. The van der Waals surface area contributed by atoms with Crippen molar-refractivity contribution in [1.82, 2.24) is 4.57 Å². The minimum atomic E-state index is -0.433. The molecule has 0 radical (unpaired) electrons. The van der Waals surface area contributed by atoms with Crippen LogP contribution < -0.4 is 14.3 Å². The van der Waals surface area contributed by atoms with E-state index in [-0.39, 0.29) is 31.6 Å². The van der Waals surface area contributed by atoms with Crippen LogP contribution >= 0.6 is 11.3 Å². The molecule has 7 nitrogen and oxygen atoms in total. The number of fused-ring (bicyclic) bond motifs is 2. The van der Waals surface area contributed by atoms with Crippen molar-refractivity contribution in [2.45, 2.75) is 18.9 Å². The first-order chi connectivity index (χ1) is 16.6. The number of amides is 1. The number of nitrogens with zero attached hydrogens (tertiary/aromatic N) is 2. The molecule has 0 unspecified atom stereocenters. The summed E-state index contributed by atoms with van der Waals surface area (Å²) < 4.78 is 18.4. The molecule has 8 heteroatoms. The lowest BCUT2D eigenvalue weighted by Crippen LogP contribution is -2.22. The van der Waals surface area contributed by atoms with Crippen LogP contribution in [0.25, 0.3) is 10.2 Å². The Labute approximate surface area is 199 Å². The second-order valence-electron chi connectivity index (χ2n) is 7.80. The van der Waals surface area contributed by atoms with E-state index in [0.717, 1.165) is 21.3 Å². The molecule has 2 heterocycles. The molecule has 0 N–H and O–H groups in total. The van der Waals surface area contributed by atoms with Gasteiger partial charge in [-0.15, -0.1) is 0 Å². The Kier molecular flexibility index (Phi) is 6.14. The summed E-state index contributed by atoms with van der Waals surface area (Å²) in [5.74, 6) is 0.383. The van der Waals surface area contributed by atoms with E-state index < -0.39 is 5.97 Å². The molecule has 0 atom stereocenters. The molecular formula is C26H22N2O5S. The van der Waals surface area contributed by atoms with Crippen molar-refractivity contribution >= 4 is 33.4 Å². The van der Waals surface area contributed by atoms with E-state index in [0.29, 0.717) is 16.3 Å². The van der Waals surface area contributed by atoms with Gasteiger partial charge < -0.3 is 18.8 Å². The van der Waals surface area contributed by atoms with Crippen LogP contribution in [0.5, 0.6) is 11.5 Å². The molecule has 1 aliphatic heterocycles. The van der Waals surface area contributed by atoms with Gasteiger partial charge in [-0.3, -0.25) is 9.59 Å². The number of thiazole rings is 1. The number of methoxy groups -OCH3 is 1. The van der Waals surface area contributed by atoms with Gasteiger partial charge in [0, 0.05) is 24.5 Å². The van der Waals surface area contributed by atoms with Crippen LogP contribution in [0.1, 0.15) is 23.5 Å². The fourth-order valence-electron chi connectivity index (χ4n) is 4.02. The second kappa shape index (κ2) is 9.52. The summed E-state index contributed by atoms with van der Waals surface area (Å²) in [6.07, 6.45) is 0.198. The van der Waals surface area contributed by atoms with Gasteiger partial charge in [-0.25, -0.2) is 0 Å². The molecule has 172 valence electrons. The third-order valence-electron chi connectivity index (χ3n) is 5.69. The average molecular weight is 475 g/mol. The van der Waals surface area contributed by atoms with E-state index in [2.05, 4.69) is 4.99 Å². The molecule has 34 heavy (non-hydrogen) atoms. The van der Waals surface area contributed by atoms with Crippen LogP contribution in [0.2, 0.25) is 0 Å². The number of esters is 1. The van der Waals surface area contributed by atoms with Gasteiger partial charge in [0.15, 0.2) is 16.3 Å². The Hall–Kier alpha value is -3.91. The molecule has 1 amide bonds. The first-order valence-corrected chi connectivity index (χ1v) is 11.6. The lowest BCUT2D eigenvalue weighted by atomic mass is 9.88. The summed E-state index contributed by atoms with van der Waals surface area (Å²) in [6, 6.07) is 23.5. The minimum absolute atomic E-state index is 0.0664. The molecule has 0 bridgehead atoms. The van der Waals surface area contributed by atoms with E-state index in [9.17, 15) is 9.59 Å². The molecule has 0 fully saturated rings. The molecule has 1 aliphatic rings. The van der Waals surface area contributed by atoms with Crippen molar-refractivity contribution in [3.63, 3.8) is 0 Å². The maximum Gasteiger partial charge on any atom is 0.325 e. The number of carbonyl (C=O) groups excluding carboxylic acids is 2. The molecule has 0 aliphatic carbocycles. The molecular weight excluding hydrogens is 452 g/mol. The third-order valence-corrected chi connectivity index (χ3v) is 6.74. The van der Waals surface area contributed by atoms with Crippen molar-refractivity contribution < 1.29 is 23.8 Å². The van der Waals surface area contributed by atoms with E-state index >= 15 is 0 Å². The number of hydrogen-bond acceptors (Lipinski definition) is 6. The molecule has 0 spiro atoms. The maximum atomic E-state index is 13.2. The normalized spacial score (nSPS) is 12.9. The molecule has 1 aromatic heterocycles. The van der Waals surface area contributed by atoms with E-state index in [1.165, 1.54) is 18.4 Å². The van der Waals surface area contributed by atoms with Crippen LogP contribution in [-0.2, 0) is 20.9 Å². The van der Waals surface area contributed by atoms with Crippen LogP contribution in [0.4, 0.5) is 0 Å². The Morgan fingerprint density at radius 2 is 1.62 bits per heavy atom. The maximum absolute atomic E-state index is 13.2. The van der Waals surface area contributed by atoms with Crippen LogP contribution in [0.3, 0.4) is 0 Å². The predicted molar refractivity (Wildman–Crippen MR) is 128 cm³/mol. The highest BCUT2D eigenvalue weighted by atomic mass is 32.1. The van der Waals surface area contributed by atoms with Gasteiger partial charge in [0.2, 0.25) is 12.7 Å². The number of aromatic nitrogens is 1. The van der Waals surface area contributed by atoms with Crippen molar-refractivity contribution in [2.24, 2.45) is 4.99 Å². The summed E-state index contributed by atoms with van der Waals surface area (Å²) in [5, 5.41) is 0. The number of ether oxygens (including phenoxy) is 3. The van der Waals surface area contributed by atoms with Crippen LogP contribution in [0.15, 0.2) is 77.8 Å². The van der Waals surface area contributed by atoms with Gasteiger partial charge >= 0.3 is 5.97 Å². The molecule has 0 saturated heterocycles. The van der Waals surface area contributed by atoms with Gasteiger partial charge in [0.25, 0.3) is 0 Å². The fraction of sp³-hybridized carbons (Fsp3) is 0.192. The zero-order chi connectivity index (χ0) is 23.5. The smallest absolute Gasteiger partial charge is 0.325 e. The molecule has 4 aromatic rings. The fourth-order valence-corrected chi connectivity index (χ4v) is 5.07. The Bertz CT molecular complexity index is 1370. The van der Waals surface area contributed by atoms with Gasteiger partial charge in [-0.05, 0) is 11.1 Å². The van der Waals surface area contributed by atoms with Crippen molar-refractivity contribution in [2.75, 3.05) is 13.9 Å². The Morgan fingerprint density at radius 3 is 2.24 bits per heavy atom. The topological polar surface area (TPSA) is 79.1 Å². The monoisotopic (exact) mass is 474 g/mol. The van der Waals surface area contributed by atoms with Crippen LogP contribution in [-0.4, -0.2) is 30.3 Å². The molecule has 0 saturated carbocycles. The molecule has 5 rings (SSSR count). The van der Waals surface area contributed by atoms with Gasteiger partial charge in [0.1, 0.15) is 6.54 Å². The lowest BCUT2D eigenvalue weighted by molar-refractivity contribution is -0.141. The summed E-state index contributed by atoms with van der Waals surface area (Å²) >= 11 is 1.32. The average Bonchev–Trinajstić information content (AvgIpc) is 3.45. The van der Waals surface area contributed by atoms with E-state index in [1.54, 1.807) is 10.6 Å². The summed E-state index contributed by atoms with van der Waals surface area (Å²) in [7, 11) is 1.33. The third kappa shape index (κ3) is 4.45. The van der Waals surface area contributed by atoms with Crippen molar-refractivity contribution in [3.8, 4) is 11.5 Å². The number of rotatable bonds is 6. The number of hydrogen-bond donors (Lipinski definition) is 0. The van der Waals surface area contributed by atoms with Crippen molar-refractivity contribution in [3.05, 3.63) is 88.7 Å². The summed E-state index contributed by atoms with van der Waals surface area (Å²) in [5.41, 5.74) is 2.82. The predicted octanol–water partition coefficient (Wildman–Crippen LogP) is 4.25. The van der Waals surface area contributed by atoms with Crippen molar-refractivity contribution in [1.29, 1.82) is 0 Å². The highest BCUT2D eigenvalue weighted by Crippen LogP contribution is 2.37. The number of carbonyl (C=O) groups is 2. The Morgan fingerprint density at radius 1 is 1.00 bits per heavy atom. The standard InChI is InChI=1S/C26H22N2O5S/c1-31-25(30)15-28-20-13-21-22(33-16-32-21)14-23(20)34-26(28)27-24(29)12-19(17-8-4-2-5-9-17)18-10-6-3-7-11-18/h2-11,13-14,19H,12,15-16H2,1H3. The largest absolute Gasteiger partial charge is 0.468 e. The summed E-state index contributed by atoms with van der Waals surface area (Å²) in [4.78, 5) is 30.2. The van der Waals surface area contributed by atoms with Crippen LogP contribution in [0, 0.1) is 0 Å². The first-order valence-electron chi connectivity index (χ1n) is 10.8. The molecule has 3 aromatic carbocycles. The quantitative estimate of drug-likeness (QED) is 0.390. The van der Waals surface area contributed by atoms with Gasteiger partial charge in [0.05, 0.1) is 17.3 Å². The van der Waals surface area contributed by atoms with E-state index in [1.807, 2.05) is 66.7 Å². The van der Waals surface area contributed by atoms with Gasteiger partial charge in [-0.2, -0.15) is 4.99 Å². The first kappa shape index (κ1) is 21.9. The minimum Gasteiger partial charge on any atom is -0.468 e. The van der Waals surface area contributed by atoms with Gasteiger partial charge in [-0.1, -0.05) is 72.0 Å². The highest BCUT2D eigenvalue weighted by Gasteiger charge is 2.21. The summed E-state index contributed by atoms with van der Waals surface area (Å²) in [6.45, 7) is 0.0861. The Balaban J connectivity index is 1.54. The van der Waals surface area contributed by atoms with E-state index in [4.69, 9.17) is 14.2 Å². The highest BCUT2D eigenvalue weighted by molar-refractivity contribution is 7.16. The zero-order valence-corrected chi connectivity index (χ0v) is 19.3. The second-order valence-corrected chi connectivity index (χ2v) is 8.81.